The number of carbonyl (C=O) groups excluding carboxylic acids is 1. The zero-order valence-electron chi connectivity index (χ0n) is 12.2. The van der Waals surface area contributed by atoms with E-state index in [1.54, 1.807) is 24.3 Å². The van der Waals surface area contributed by atoms with Gasteiger partial charge in [0.05, 0.1) is 11.3 Å². The van der Waals surface area contributed by atoms with Gasteiger partial charge in [-0.15, -0.1) is 0 Å². The van der Waals surface area contributed by atoms with Crippen molar-refractivity contribution in [2.75, 3.05) is 18.8 Å². The Bertz CT molecular complexity index is 922. The number of benzene rings is 1. The molecule has 3 N–H and O–H groups in total. The molecule has 0 aliphatic carbocycles. The van der Waals surface area contributed by atoms with Crippen molar-refractivity contribution in [2.45, 2.75) is 6.42 Å². The van der Waals surface area contributed by atoms with Crippen LogP contribution in [0.25, 0.3) is 10.9 Å². The second kappa shape index (κ2) is 5.74. The van der Waals surface area contributed by atoms with E-state index in [0.29, 0.717) is 23.9 Å². The van der Waals surface area contributed by atoms with Gasteiger partial charge in [-0.25, -0.2) is 18.4 Å². The number of hydrogen-bond donors (Lipinski definition) is 2. The highest BCUT2D eigenvalue weighted by Gasteiger charge is 2.30. The van der Waals surface area contributed by atoms with E-state index in [0.717, 1.165) is 0 Å². The number of para-hydroxylation sites is 1. The topological polar surface area (TPSA) is 126 Å². The van der Waals surface area contributed by atoms with Crippen LogP contribution in [0.1, 0.15) is 16.9 Å². The lowest BCUT2D eigenvalue weighted by atomic mass is 10.1. The number of likely N-dealkylation sites (tertiary alicyclic amines) is 1. The summed E-state index contributed by atoms with van der Waals surface area (Å²) in [7, 11) is -3.57. The molecule has 8 nitrogen and oxygen atoms in total. The van der Waals surface area contributed by atoms with E-state index in [4.69, 9.17) is 5.14 Å². The third-order valence-corrected chi connectivity index (χ3v) is 4.82. The number of fused-ring (bicyclic) bond motifs is 1. The van der Waals surface area contributed by atoms with Crippen molar-refractivity contribution in [1.82, 2.24) is 14.9 Å². The fourth-order valence-electron chi connectivity index (χ4n) is 2.90. The highest BCUT2D eigenvalue weighted by Crippen LogP contribution is 2.21. The number of amides is 1. The van der Waals surface area contributed by atoms with Gasteiger partial charge in [0.1, 0.15) is 5.69 Å². The first-order valence-electron chi connectivity index (χ1n) is 7.12. The average Bonchev–Trinajstić information content (AvgIpc) is 2.92. The Morgan fingerprint density at radius 2 is 2.13 bits per heavy atom. The molecule has 1 aromatic carbocycles. The monoisotopic (exact) mass is 336 g/mol. The largest absolute Gasteiger partial charge is 0.346 e. The maximum absolute atomic E-state index is 12.7. The van der Waals surface area contributed by atoms with Gasteiger partial charge in [0.2, 0.25) is 10.0 Å². The van der Waals surface area contributed by atoms with Gasteiger partial charge in [-0.1, -0.05) is 18.2 Å². The second-order valence-corrected chi connectivity index (χ2v) is 7.33. The van der Waals surface area contributed by atoms with E-state index in [2.05, 4.69) is 9.97 Å². The molecule has 1 amide bonds. The minimum absolute atomic E-state index is 0.0839. The number of carbonyl (C=O) groups is 1. The standard InChI is InChI=1S/C14H16N4O4S/c15-23(21,22)8-9-5-6-18(7-9)13(19)12-10-3-1-2-4-11(10)16-14(20)17-12/h1-4,9H,5-8H2,(H2,15,21,22)(H,16,17,20)/t9-/m0/s1. The summed E-state index contributed by atoms with van der Waals surface area (Å²) < 4.78 is 22.3. The molecule has 1 aromatic heterocycles. The summed E-state index contributed by atoms with van der Waals surface area (Å²) in [6.45, 7) is 0.708. The van der Waals surface area contributed by atoms with Crippen molar-refractivity contribution in [3.63, 3.8) is 0 Å². The van der Waals surface area contributed by atoms with Crippen molar-refractivity contribution in [2.24, 2.45) is 11.1 Å². The van der Waals surface area contributed by atoms with Gasteiger partial charge in [0, 0.05) is 18.5 Å². The van der Waals surface area contributed by atoms with Crippen molar-refractivity contribution in [3.05, 3.63) is 40.4 Å². The molecule has 122 valence electrons. The van der Waals surface area contributed by atoms with Gasteiger partial charge in [-0.3, -0.25) is 4.79 Å². The zero-order valence-corrected chi connectivity index (χ0v) is 13.0. The van der Waals surface area contributed by atoms with Gasteiger partial charge in [0.25, 0.3) is 5.91 Å². The molecular formula is C14H16N4O4S. The molecule has 9 heteroatoms. The van der Waals surface area contributed by atoms with E-state index in [1.807, 2.05) is 0 Å². The van der Waals surface area contributed by atoms with Crippen molar-refractivity contribution in [3.8, 4) is 0 Å². The fourth-order valence-corrected chi connectivity index (χ4v) is 3.83. The quantitative estimate of drug-likeness (QED) is 0.794. The van der Waals surface area contributed by atoms with Crippen LogP contribution in [-0.4, -0.2) is 48.0 Å². The number of sulfonamides is 1. The summed E-state index contributed by atoms with van der Waals surface area (Å²) in [5.41, 5.74) is 0.0315. The first-order chi connectivity index (χ1) is 10.8. The summed E-state index contributed by atoms with van der Waals surface area (Å²) in [6.07, 6.45) is 0.559. The van der Waals surface area contributed by atoms with Crippen LogP contribution in [0.4, 0.5) is 0 Å². The minimum Gasteiger partial charge on any atom is -0.337 e. The Kier molecular flexibility index (Phi) is 3.90. The summed E-state index contributed by atoms with van der Waals surface area (Å²) in [4.78, 5) is 32.2. The number of primary sulfonamides is 1. The molecule has 2 heterocycles. The normalized spacial score (nSPS) is 18.5. The van der Waals surface area contributed by atoms with Gasteiger partial charge in [-0.05, 0) is 18.4 Å². The molecular weight excluding hydrogens is 320 g/mol. The van der Waals surface area contributed by atoms with Crippen LogP contribution in [0, 0.1) is 5.92 Å². The van der Waals surface area contributed by atoms with Crippen LogP contribution >= 0.6 is 0 Å². The average molecular weight is 336 g/mol. The van der Waals surface area contributed by atoms with Crippen LogP contribution in [0.3, 0.4) is 0 Å². The van der Waals surface area contributed by atoms with Gasteiger partial charge in [-0.2, -0.15) is 4.98 Å². The predicted octanol–water partition coefficient (Wildman–Crippen LogP) is -0.326. The van der Waals surface area contributed by atoms with Crippen LogP contribution in [0.15, 0.2) is 29.1 Å². The van der Waals surface area contributed by atoms with Crippen molar-refractivity contribution < 1.29 is 13.2 Å². The highest BCUT2D eigenvalue weighted by atomic mass is 32.2. The molecule has 1 aliphatic rings. The number of aromatic nitrogens is 2. The number of nitrogens with zero attached hydrogens (tertiary/aromatic N) is 2. The molecule has 1 aliphatic heterocycles. The Morgan fingerprint density at radius 1 is 1.39 bits per heavy atom. The molecule has 1 saturated heterocycles. The number of rotatable bonds is 3. The first-order valence-corrected chi connectivity index (χ1v) is 8.84. The van der Waals surface area contributed by atoms with Crippen LogP contribution in [0.5, 0.6) is 0 Å². The van der Waals surface area contributed by atoms with Crippen molar-refractivity contribution in [1.29, 1.82) is 0 Å². The predicted molar refractivity (Wildman–Crippen MR) is 84.3 cm³/mol. The zero-order chi connectivity index (χ0) is 16.6. The summed E-state index contributed by atoms with van der Waals surface area (Å²) in [5, 5.41) is 5.62. The Labute approximate surface area is 132 Å². The molecule has 1 atom stereocenters. The maximum atomic E-state index is 12.7. The Balaban J connectivity index is 1.89. The number of nitrogens with two attached hydrogens (primary N) is 1. The molecule has 23 heavy (non-hydrogen) atoms. The third-order valence-electron chi connectivity index (χ3n) is 3.88. The van der Waals surface area contributed by atoms with E-state index in [1.165, 1.54) is 4.90 Å². The number of H-pyrrole nitrogens is 1. The summed E-state index contributed by atoms with van der Waals surface area (Å²) >= 11 is 0. The molecule has 0 radical (unpaired) electrons. The SMILES string of the molecule is NS(=O)(=O)C[C@H]1CCN(C(=O)c2nc(=O)[nH]c3ccccc23)C1. The Hall–Kier alpha value is -2.26. The first kappa shape index (κ1) is 15.6. The second-order valence-electron chi connectivity index (χ2n) is 5.67. The lowest BCUT2D eigenvalue weighted by molar-refractivity contribution is 0.0784. The van der Waals surface area contributed by atoms with Gasteiger partial charge in [0.15, 0.2) is 0 Å². The van der Waals surface area contributed by atoms with Crippen molar-refractivity contribution >= 4 is 26.8 Å². The summed E-state index contributed by atoms with van der Waals surface area (Å²) in [5.74, 6) is -0.716. The van der Waals surface area contributed by atoms with Crippen LogP contribution < -0.4 is 10.8 Å². The smallest absolute Gasteiger partial charge is 0.337 e. The number of nitrogens with one attached hydrogen (secondary N) is 1. The van der Waals surface area contributed by atoms with E-state index in [9.17, 15) is 18.0 Å². The molecule has 0 bridgehead atoms. The lowest BCUT2D eigenvalue weighted by Gasteiger charge is -2.16. The molecule has 1 fully saturated rings. The number of aromatic amines is 1. The van der Waals surface area contributed by atoms with E-state index >= 15 is 0 Å². The van der Waals surface area contributed by atoms with E-state index in [-0.39, 0.29) is 29.8 Å². The fraction of sp³-hybridized carbons (Fsp3) is 0.357. The highest BCUT2D eigenvalue weighted by molar-refractivity contribution is 7.89. The molecule has 2 aromatic rings. The molecule has 3 rings (SSSR count). The molecule has 0 saturated carbocycles. The van der Waals surface area contributed by atoms with Crippen LogP contribution in [0.2, 0.25) is 0 Å². The minimum atomic E-state index is -3.57. The Morgan fingerprint density at radius 3 is 2.87 bits per heavy atom. The molecule has 0 unspecified atom stereocenters. The maximum Gasteiger partial charge on any atom is 0.346 e. The number of hydrogen-bond acceptors (Lipinski definition) is 5. The van der Waals surface area contributed by atoms with E-state index < -0.39 is 15.7 Å². The lowest BCUT2D eigenvalue weighted by Crippen LogP contribution is -2.32. The molecule has 0 spiro atoms. The van der Waals surface area contributed by atoms with Crippen LogP contribution in [-0.2, 0) is 10.0 Å². The van der Waals surface area contributed by atoms with Gasteiger partial charge < -0.3 is 9.88 Å². The third kappa shape index (κ3) is 3.40. The van der Waals surface area contributed by atoms with Gasteiger partial charge >= 0.3 is 5.69 Å². The summed E-state index contributed by atoms with van der Waals surface area (Å²) in [6, 6.07) is 6.92.